The Morgan fingerprint density at radius 2 is 2.00 bits per heavy atom. The molecule has 0 spiro atoms. The number of ketones is 1. The summed E-state index contributed by atoms with van der Waals surface area (Å²) in [5, 5.41) is 4.34. The minimum absolute atomic E-state index is 0.116. The second-order valence-corrected chi connectivity index (χ2v) is 8.25. The van der Waals surface area contributed by atoms with Gasteiger partial charge in [-0.25, -0.2) is 9.40 Å². The summed E-state index contributed by atoms with van der Waals surface area (Å²) in [7, 11) is 0. The zero-order valence-corrected chi connectivity index (χ0v) is 18.2. The van der Waals surface area contributed by atoms with Crippen LogP contribution >= 0.6 is 11.6 Å². The molecule has 9 nitrogen and oxygen atoms in total. The minimum atomic E-state index is -2.40. The average molecular weight is 459 g/mol. The van der Waals surface area contributed by atoms with E-state index < -0.39 is 29.3 Å². The SMILES string of the molecule is Cc1cc(C(=O)C[C@@H](CC2CCCCC2)C(=O)NN(CCC(N)=O)C(=O)C(F)Cl)no1. The van der Waals surface area contributed by atoms with Crippen LogP contribution in [0.25, 0.3) is 0 Å². The molecule has 2 atom stereocenters. The van der Waals surface area contributed by atoms with Crippen molar-refractivity contribution >= 4 is 35.1 Å². The fourth-order valence-electron chi connectivity index (χ4n) is 3.72. The monoisotopic (exact) mass is 458 g/mol. The van der Waals surface area contributed by atoms with Crippen molar-refractivity contribution in [2.45, 2.75) is 63.9 Å². The molecule has 1 fully saturated rings. The summed E-state index contributed by atoms with van der Waals surface area (Å²) in [6.45, 7) is 1.32. The van der Waals surface area contributed by atoms with Crippen molar-refractivity contribution in [1.82, 2.24) is 15.6 Å². The number of alkyl halides is 2. The van der Waals surface area contributed by atoms with Crippen molar-refractivity contribution in [3.63, 3.8) is 0 Å². The van der Waals surface area contributed by atoms with Crippen LogP contribution in [0.15, 0.2) is 10.6 Å². The van der Waals surface area contributed by atoms with E-state index in [4.69, 9.17) is 21.9 Å². The van der Waals surface area contributed by atoms with E-state index in [1.165, 1.54) is 6.07 Å². The molecular weight excluding hydrogens is 431 g/mol. The highest BCUT2D eigenvalue weighted by Crippen LogP contribution is 2.31. The van der Waals surface area contributed by atoms with Crippen LogP contribution in [-0.2, 0) is 14.4 Å². The molecule has 1 heterocycles. The van der Waals surface area contributed by atoms with E-state index in [1.54, 1.807) is 6.92 Å². The van der Waals surface area contributed by atoms with Gasteiger partial charge in [0, 0.05) is 24.8 Å². The van der Waals surface area contributed by atoms with Gasteiger partial charge < -0.3 is 10.3 Å². The van der Waals surface area contributed by atoms with E-state index in [0.29, 0.717) is 17.2 Å². The number of carbonyl (C=O) groups excluding carboxylic acids is 4. The van der Waals surface area contributed by atoms with Gasteiger partial charge in [0.2, 0.25) is 11.8 Å². The maximum absolute atomic E-state index is 13.4. The largest absolute Gasteiger partial charge is 0.370 e. The molecule has 1 saturated carbocycles. The Morgan fingerprint density at radius 1 is 1.32 bits per heavy atom. The number of hydrogen-bond acceptors (Lipinski definition) is 6. The van der Waals surface area contributed by atoms with Crippen molar-refractivity contribution in [1.29, 1.82) is 0 Å². The van der Waals surface area contributed by atoms with Gasteiger partial charge >= 0.3 is 0 Å². The summed E-state index contributed by atoms with van der Waals surface area (Å²) in [5.74, 6) is -3.00. The Kier molecular flexibility index (Phi) is 9.42. The minimum Gasteiger partial charge on any atom is -0.370 e. The van der Waals surface area contributed by atoms with E-state index >= 15 is 0 Å². The lowest BCUT2D eigenvalue weighted by molar-refractivity contribution is -0.145. The molecular formula is C20H28ClFN4O5. The summed E-state index contributed by atoms with van der Waals surface area (Å²) in [5.41, 5.74) is 5.13. The quantitative estimate of drug-likeness (QED) is 0.314. The lowest BCUT2D eigenvalue weighted by atomic mass is 9.81. The van der Waals surface area contributed by atoms with E-state index in [9.17, 15) is 23.6 Å². The number of aryl methyl sites for hydroxylation is 1. The number of hydrazine groups is 1. The molecule has 1 unspecified atom stereocenters. The van der Waals surface area contributed by atoms with Gasteiger partial charge in [-0.3, -0.25) is 24.6 Å². The van der Waals surface area contributed by atoms with Crippen LogP contribution in [-0.4, -0.2) is 45.8 Å². The molecule has 0 bridgehead atoms. The molecule has 11 heteroatoms. The van der Waals surface area contributed by atoms with Gasteiger partial charge in [0.15, 0.2) is 5.78 Å². The van der Waals surface area contributed by atoms with Crippen molar-refractivity contribution in [3.8, 4) is 0 Å². The number of nitrogens with one attached hydrogen (secondary N) is 1. The molecule has 1 aromatic heterocycles. The van der Waals surface area contributed by atoms with E-state index in [2.05, 4.69) is 10.6 Å². The van der Waals surface area contributed by atoms with E-state index in [1.807, 2.05) is 0 Å². The second kappa shape index (κ2) is 11.8. The van der Waals surface area contributed by atoms with Gasteiger partial charge in [-0.2, -0.15) is 0 Å². The molecule has 0 saturated heterocycles. The van der Waals surface area contributed by atoms with Crippen molar-refractivity contribution in [2.24, 2.45) is 17.6 Å². The van der Waals surface area contributed by atoms with Crippen LogP contribution < -0.4 is 11.2 Å². The lowest BCUT2D eigenvalue weighted by Crippen LogP contribution is -2.51. The number of Topliss-reactive ketones (excluding diaryl/α,β-unsaturated/α-hetero) is 1. The van der Waals surface area contributed by atoms with E-state index in [-0.39, 0.29) is 36.8 Å². The number of hydrogen-bond donors (Lipinski definition) is 2. The molecule has 0 radical (unpaired) electrons. The first kappa shape index (κ1) is 24.8. The number of nitrogens with zero attached hydrogens (tertiary/aromatic N) is 2. The number of aromatic nitrogens is 1. The Hall–Kier alpha value is -2.49. The number of rotatable bonds is 10. The summed E-state index contributed by atoms with van der Waals surface area (Å²) < 4.78 is 18.3. The third-order valence-electron chi connectivity index (χ3n) is 5.34. The normalized spacial score (nSPS) is 16.4. The first-order chi connectivity index (χ1) is 14.7. The Morgan fingerprint density at radius 3 is 2.55 bits per heavy atom. The van der Waals surface area contributed by atoms with Crippen LogP contribution in [0.4, 0.5) is 4.39 Å². The highest BCUT2D eigenvalue weighted by Gasteiger charge is 2.31. The zero-order chi connectivity index (χ0) is 23.0. The van der Waals surface area contributed by atoms with Crippen LogP contribution in [0.5, 0.6) is 0 Å². The standard InChI is InChI=1S/C20H28ClFN4O5/c1-12-9-15(25-31-12)16(27)11-14(10-13-5-3-2-4-6-13)19(29)24-26(8-7-17(23)28)20(30)18(21)22/h9,13-14,18H,2-8,10-11H2,1H3,(H2,23,28)(H,24,29)/t14-,18?/m1/s1. The maximum atomic E-state index is 13.4. The number of primary amides is 1. The molecule has 172 valence electrons. The third kappa shape index (κ3) is 7.93. The van der Waals surface area contributed by atoms with Gasteiger partial charge in [-0.15, -0.1) is 0 Å². The molecule has 0 aromatic carbocycles. The summed E-state index contributed by atoms with van der Waals surface area (Å²) >= 11 is 5.23. The fourth-order valence-corrected chi connectivity index (χ4v) is 3.84. The van der Waals surface area contributed by atoms with Gasteiger partial charge in [0.1, 0.15) is 11.5 Å². The number of nitrogens with two attached hydrogens (primary N) is 1. The Balaban J connectivity index is 2.14. The smallest absolute Gasteiger partial charge is 0.291 e. The zero-order valence-electron chi connectivity index (χ0n) is 17.4. The number of amides is 3. The van der Waals surface area contributed by atoms with Crippen molar-refractivity contribution < 1.29 is 28.1 Å². The summed E-state index contributed by atoms with van der Waals surface area (Å²) in [6.07, 6.45) is 5.12. The van der Waals surface area contributed by atoms with Crippen LogP contribution in [0.3, 0.4) is 0 Å². The molecule has 1 aliphatic carbocycles. The maximum Gasteiger partial charge on any atom is 0.291 e. The second-order valence-electron chi connectivity index (χ2n) is 7.87. The van der Waals surface area contributed by atoms with Gasteiger partial charge in [-0.1, -0.05) is 48.9 Å². The first-order valence-electron chi connectivity index (χ1n) is 10.3. The molecule has 3 N–H and O–H groups in total. The predicted molar refractivity (Wildman–Crippen MR) is 109 cm³/mol. The van der Waals surface area contributed by atoms with Crippen LogP contribution in [0.1, 0.15) is 67.6 Å². The summed E-state index contributed by atoms with van der Waals surface area (Å²) in [6, 6.07) is 1.49. The number of carbonyl (C=O) groups is 4. The van der Waals surface area contributed by atoms with Gasteiger partial charge in [0.25, 0.3) is 11.5 Å². The fraction of sp³-hybridized carbons (Fsp3) is 0.650. The van der Waals surface area contributed by atoms with Crippen LogP contribution in [0.2, 0.25) is 0 Å². The molecule has 2 rings (SSSR count). The average Bonchev–Trinajstić information content (AvgIpc) is 3.17. The Bertz CT molecular complexity index is 794. The molecule has 3 amide bonds. The molecule has 0 aliphatic heterocycles. The highest BCUT2D eigenvalue weighted by molar-refractivity contribution is 6.29. The van der Waals surface area contributed by atoms with Gasteiger partial charge in [-0.05, 0) is 19.3 Å². The van der Waals surface area contributed by atoms with Crippen molar-refractivity contribution in [3.05, 3.63) is 17.5 Å². The topological polar surface area (TPSA) is 136 Å². The molecule has 1 aromatic rings. The lowest BCUT2D eigenvalue weighted by Gasteiger charge is -2.28. The molecule has 31 heavy (non-hydrogen) atoms. The van der Waals surface area contributed by atoms with Crippen molar-refractivity contribution in [2.75, 3.05) is 6.54 Å². The number of halogens is 2. The highest BCUT2D eigenvalue weighted by atomic mass is 35.5. The van der Waals surface area contributed by atoms with Gasteiger partial charge in [0.05, 0.1) is 6.54 Å². The predicted octanol–water partition coefficient (Wildman–Crippen LogP) is 2.41. The first-order valence-corrected chi connectivity index (χ1v) is 10.8. The summed E-state index contributed by atoms with van der Waals surface area (Å²) in [4.78, 5) is 48.7. The third-order valence-corrected chi connectivity index (χ3v) is 5.53. The Labute approximate surface area is 184 Å². The van der Waals surface area contributed by atoms with E-state index in [0.717, 1.165) is 32.1 Å². The molecule has 1 aliphatic rings. The van der Waals surface area contributed by atoms with Crippen LogP contribution in [0, 0.1) is 18.8 Å².